The third-order valence-electron chi connectivity index (χ3n) is 4.49. The van der Waals surface area contributed by atoms with Crippen molar-refractivity contribution in [2.45, 2.75) is 39.0 Å². The molecular formula is C19H24N2O4S. The van der Waals surface area contributed by atoms with Crippen molar-refractivity contribution < 1.29 is 19.0 Å². The highest BCUT2D eigenvalue weighted by Gasteiger charge is 2.28. The summed E-state index contributed by atoms with van der Waals surface area (Å²) in [6.07, 6.45) is 0.534. The Bertz CT molecular complexity index is 720. The maximum atomic E-state index is 12.3. The lowest BCUT2D eigenvalue weighted by Crippen LogP contribution is -2.51. The zero-order chi connectivity index (χ0) is 18.4. The summed E-state index contributed by atoms with van der Waals surface area (Å²) in [5.74, 6) is 0.587. The van der Waals surface area contributed by atoms with Gasteiger partial charge in [-0.05, 0) is 37.5 Å². The Balaban J connectivity index is 1.50. The SMILES string of the molecule is Cc1cccc(OCC(=O)N[C@@H]2CCOC[C@H]2OCc2cscn2)c1C. The number of hydrogen-bond acceptors (Lipinski definition) is 6. The van der Waals surface area contributed by atoms with Gasteiger partial charge in [0, 0.05) is 12.0 Å². The number of ether oxygens (including phenoxy) is 3. The predicted octanol–water partition coefficient (Wildman–Crippen LogP) is 2.63. The number of aryl methyl sites for hydroxylation is 1. The molecule has 0 saturated carbocycles. The number of amides is 1. The predicted molar refractivity (Wildman–Crippen MR) is 99.5 cm³/mol. The van der Waals surface area contributed by atoms with Crippen molar-refractivity contribution in [1.82, 2.24) is 10.3 Å². The van der Waals surface area contributed by atoms with Crippen LogP contribution < -0.4 is 10.1 Å². The van der Waals surface area contributed by atoms with Gasteiger partial charge in [-0.2, -0.15) is 0 Å². The third kappa shape index (κ3) is 5.03. The quantitative estimate of drug-likeness (QED) is 0.804. The molecule has 1 aliphatic heterocycles. The van der Waals surface area contributed by atoms with Crippen LogP contribution in [0.1, 0.15) is 23.2 Å². The van der Waals surface area contributed by atoms with Crippen molar-refractivity contribution in [1.29, 1.82) is 0 Å². The largest absolute Gasteiger partial charge is 0.483 e. The number of aromatic nitrogens is 1. The van der Waals surface area contributed by atoms with Gasteiger partial charge in [-0.3, -0.25) is 4.79 Å². The van der Waals surface area contributed by atoms with Crippen LogP contribution in [0.25, 0.3) is 0 Å². The van der Waals surface area contributed by atoms with Crippen LogP contribution in [0.5, 0.6) is 5.75 Å². The van der Waals surface area contributed by atoms with Crippen LogP contribution in [-0.2, 0) is 20.9 Å². The summed E-state index contributed by atoms with van der Waals surface area (Å²) in [7, 11) is 0. The minimum absolute atomic E-state index is 0.0134. The lowest BCUT2D eigenvalue weighted by Gasteiger charge is -2.32. The Labute approximate surface area is 157 Å². The Morgan fingerprint density at radius 2 is 2.31 bits per heavy atom. The maximum absolute atomic E-state index is 12.3. The molecule has 6 nitrogen and oxygen atoms in total. The van der Waals surface area contributed by atoms with E-state index in [9.17, 15) is 4.79 Å². The van der Waals surface area contributed by atoms with Gasteiger partial charge >= 0.3 is 0 Å². The van der Waals surface area contributed by atoms with E-state index in [0.717, 1.165) is 29.0 Å². The number of rotatable bonds is 7. The van der Waals surface area contributed by atoms with Crippen molar-refractivity contribution in [2.75, 3.05) is 19.8 Å². The van der Waals surface area contributed by atoms with Gasteiger partial charge in [-0.15, -0.1) is 11.3 Å². The lowest BCUT2D eigenvalue weighted by molar-refractivity contribution is -0.128. The molecule has 3 rings (SSSR count). The van der Waals surface area contributed by atoms with Gasteiger partial charge in [0.25, 0.3) is 5.91 Å². The summed E-state index contributed by atoms with van der Waals surface area (Å²) in [5.41, 5.74) is 4.86. The van der Waals surface area contributed by atoms with Crippen LogP contribution >= 0.6 is 11.3 Å². The van der Waals surface area contributed by atoms with Gasteiger partial charge in [0.2, 0.25) is 0 Å². The van der Waals surface area contributed by atoms with E-state index in [-0.39, 0.29) is 24.7 Å². The molecular weight excluding hydrogens is 352 g/mol. The Kier molecular flexibility index (Phi) is 6.60. The highest BCUT2D eigenvalue weighted by molar-refractivity contribution is 7.07. The van der Waals surface area contributed by atoms with Crippen LogP contribution in [0.15, 0.2) is 29.1 Å². The molecule has 1 aromatic carbocycles. The van der Waals surface area contributed by atoms with Crippen molar-refractivity contribution in [3.8, 4) is 5.75 Å². The first-order valence-corrected chi connectivity index (χ1v) is 9.62. The molecule has 2 heterocycles. The number of benzene rings is 1. The van der Waals surface area contributed by atoms with Crippen LogP contribution in [0, 0.1) is 13.8 Å². The second-order valence-corrected chi connectivity index (χ2v) is 7.07. The number of nitrogens with one attached hydrogen (secondary N) is 1. The molecule has 0 unspecified atom stereocenters. The molecule has 2 aromatic rings. The van der Waals surface area contributed by atoms with Crippen LogP contribution in [-0.4, -0.2) is 42.9 Å². The van der Waals surface area contributed by atoms with E-state index in [1.54, 1.807) is 5.51 Å². The van der Waals surface area contributed by atoms with Gasteiger partial charge in [-0.1, -0.05) is 12.1 Å². The molecule has 7 heteroatoms. The smallest absolute Gasteiger partial charge is 0.258 e. The van der Waals surface area contributed by atoms with E-state index in [4.69, 9.17) is 14.2 Å². The highest BCUT2D eigenvalue weighted by atomic mass is 32.1. The summed E-state index contributed by atoms with van der Waals surface area (Å²) in [6.45, 7) is 5.49. The summed E-state index contributed by atoms with van der Waals surface area (Å²) >= 11 is 1.54. The molecule has 0 bridgehead atoms. The number of nitrogens with zero attached hydrogens (tertiary/aromatic N) is 1. The monoisotopic (exact) mass is 376 g/mol. The third-order valence-corrected chi connectivity index (χ3v) is 5.13. The molecule has 1 N–H and O–H groups in total. The zero-order valence-electron chi connectivity index (χ0n) is 15.1. The standard InChI is InChI=1S/C19H24N2O4S/c1-13-4-3-5-17(14(13)2)25-10-19(22)21-16-6-7-23-9-18(16)24-8-15-11-26-12-20-15/h3-5,11-12,16,18H,6-10H2,1-2H3,(H,21,22)/t16-,18-/m1/s1. The molecule has 140 valence electrons. The van der Waals surface area contributed by atoms with Gasteiger partial charge in [0.05, 0.1) is 30.5 Å². The minimum Gasteiger partial charge on any atom is -0.483 e. The van der Waals surface area contributed by atoms with E-state index in [0.29, 0.717) is 19.8 Å². The average molecular weight is 376 g/mol. The van der Waals surface area contributed by atoms with Gasteiger partial charge in [-0.25, -0.2) is 4.98 Å². The van der Waals surface area contributed by atoms with E-state index < -0.39 is 0 Å². The lowest BCUT2D eigenvalue weighted by atomic mass is 10.1. The van der Waals surface area contributed by atoms with E-state index in [1.165, 1.54) is 11.3 Å². The van der Waals surface area contributed by atoms with Crippen molar-refractivity contribution in [3.05, 3.63) is 45.9 Å². The molecule has 26 heavy (non-hydrogen) atoms. The molecule has 1 aliphatic rings. The van der Waals surface area contributed by atoms with E-state index >= 15 is 0 Å². The normalized spacial score (nSPS) is 19.9. The fourth-order valence-electron chi connectivity index (χ4n) is 2.81. The summed E-state index contributed by atoms with van der Waals surface area (Å²) in [5, 5.41) is 4.97. The Morgan fingerprint density at radius 3 is 3.12 bits per heavy atom. The van der Waals surface area contributed by atoms with Crippen LogP contribution in [0.4, 0.5) is 0 Å². The molecule has 0 spiro atoms. The van der Waals surface area contributed by atoms with Gasteiger partial charge < -0.3 is 19.5 Å². The molecule has 1 aromatic heterocycles. The molecule has 1 amide bonds. The van der Waals surface area contributed by atoms with E-state index in [1.807, 2.05) is 37.4 Å². The zero-order valence-corrected chi connectivity index (χ0v) is 15.9. The van der Waals surface area contributed by atoms with E-state index in [2.05, 4.69) is 10.3 Å². The first kappa shape index (κ1) is 18.8. The summed E-state index contributed by atoms with van der Waals surface area (Å²) < 4.78 is 17.1. The fraction of sp³-hybridized carbons (Fsp3) is 0.474. The first-order valence-electron chi connectivity index (χ1n) is 8.68. The topological polar surface area (TPSA) is 69.7 Å². The number of thiazole rings is 1. The maximum Gasteiger partial charge on any atom is 0.258 e. The first-order chi connectivity index (χ1) is 12.6. The van der Waals surface area contributed by atoms with Gasteiger partial charge in [0.15, 0.2) is 6.61 Å². The number of carbonyl (C=O) groups excluding carboxylic acids is 1. The van der Waals surface area contributed by atoms with Crippen LogP contribution in [0.3, 0.4) is 0 Å². The van der Waals surface area contributed by atoms with Crippen molar-refractivity contribution >= 4 is 17.2 Å². The molecule has 1 fully saturated rings. The highest BCUT2D eigenvalue weighted by Crippen LogP contribution is 2.20. The van der Waals surface area contributed by atoms with Gasteiger partial charge in [0.1, 0.15) is 11.9 Å². The summed E-state index contributed by atoms with van der Waals surface area (Å²) in [6, 6.07) is 5.74. The molecule has 0 radical (unpaired) electrons. The second kappa shape index (κ2) is 9.12. The van der Waals surface area contributed by atoms with Crippen LogP contribution in [0.2, 0.25) is 0 Å². The van der Waals surface area contributed by atoms with Crippen molar-refractivity contribution in [2.24, 2.45) is 0 Å². The molecule has 2 atom stereocenters. The molecule has 1 saturated heterocycles. The minimum atomic E-state index is -0.185. The Hall–Kier alpha value is -1.96. The average Bonchev–Trinajstić information content (AvgIpc) is 3.16. The van der Waals surface area contributed by atoms with Crippen molar-refractivity contribution in [3.63, 3.8) is 0 Å². The fourth-order valence-corrected chi connectivity index (χ4v) is 3.36. The second-order valence-electron chi connectivity index (χ2n) is 6.35. The number of carbonyl (C=O) groups is 1. The molecule has 0 aliphatic carbocycles. The Morgan fingerprint density at radius 1 is 1.42 bits per heavy atom. The summed E-state index contributed by atoms with van der Waals surface area (Å²) in [4.78, 5) is 16.5. The number of hydrogen-bond donors (Lipinski definition) is 1.